The minimum atomic E-state index is -2.49. The molecule has 0 amide bonds. The van der Waals surface area contributed by atoms with Crippen molar-refractivity contribution in [2.75, 3.05) is 0 Å². The van der Waals surface area contributed by atoms with Crippen LogP contribution in [0.3, 0.4) is 0 Å². The molecule has 0 spiro atoms. The highest BCUT2D eigenvalue weighted by Crippen LogP contribution is 2.33. The topological polar surface area (TPSA) is 0 Å². The monoisotopic (exact) mass is 132 g/mol. The summed E-state index contributed by atoms with van der Waals surface area (Å²) in [6, 6.07) is 0. The summed E-state index contributed by atoms with van der Waals surface area (Å²) in [5.74, 6) is -2.49. The molecule has 0 aromatic heterocycles. The van der Waals surface area contributed by atoms with Crippen molar-refractivity contribution >= 4 is 0 Å². The van der Waals surface area contributed by atoms with Crippen molar-refractivity contribution in [1.29, 1.82) is 0 Å². The second kappa shape index (κ2) is 2.09. The molecule has 0 unspecified atom stereocenters. The Bertz CT molecular complexity index is 136. The van der Waals surface area contributed by atoms with Crippen LogP contribution < -0.4 is 0 Å². The molecule has 0 heterocycles. The van der Waals surface area contributed by atoms with E-state index in [2.05, 4.69) is 0 Å². The Kier molecular flexibility index (Phi) is 1.56. The number of hydrogen-bond acceptors (Lipinski definition) is 0. The summed E-state index contributed by atoms with van der Waals surface area (Å²) < 4.78 is 24.6. The number of rotatable bonds is 1. The highest BCUT2D eigenvalue weighted by atomic mass is 19.3. The summed E-state index contributed by atoms with van der Waals surface area (Å²) in [6.07, 6.45) is 2.49. The highest BCUT2D eigenvalue weighted by Gasteiger charge is 2.30. The van der Waals surface area contributed by atoms with Crippen LogP contribution in [0.4, 0.5) is 8.78 Å². The van der Waals surface area contributed by atoms with Crippen molar-refractivity contribution in [3.63, 3.8) is 0 Å². The fourth-order valence-corrected chi connectivity index (χ4v) is 1.05. The lowest BCUT2D eigenvalue weighted by molar-refractivity contribution is 0.0555. The first-order chi connectivity index (χ1) is 4.14. The van der Waals surface area contributed by atoms with E-state index in [0.29, 0.717) is 6.42 Å². The fourth-order valence-electron chi connectivity index (χ4n) is 1.05. The van der Waals surface area contributed by atoms with Gasteiger partial charge in [-0.05, 0) is 18.9 Å². The van der Waals surface area contributed by atoms with Crippen LogP contribution in [0.5, 0.6) is 0 Å². The molecular formula is C7H10F2. The van der Waals surface area contributed by atoms with Gasteiger partial charge >= 0.3 is 0 Å². The first-order valence-corrected chi connectivity index (χ1v) is 3.22. The average Bonchev–Trinajstić information content (AvgIpc) is 2.10. The van der Waals surface area contributed by atoms with Crippen LogP contribution in [-0.2, 0) is 0 Å². The lowest BCUT2D eigenvalue weighted by Crippen LogP contribution is -2.05. The summed E-state index contributed by atoms with van der Waals surface area (Å²) in [5.41, 5.74) is 0.903. The second-order valence-corrected chi connectivity index (χ2v) is 2.42. The van der Waals surface area contributed by atoms with Gasteiger partial charge in [-0.3, -0.25) is 0 Å². The standard InChI is InChI=1S/C7H10F2/c1-2-6-3-4-7(8,9)5-6/h5H,2-4H2,1H3. The molecule has 0 aliphatic heterocycles. The maximum absolute atomic E-state index is 12.3. The fraction of sp³-hybridized carbons (Fsp3) is 0.714. The molecule has 52 valence electrons. The van der Waals surface area contributed by atoms with Crippen LogP contribution in [0.2, 0.25) is 0 Å². The molecule has 0 nitrogen and oxygen atoms in total. The van der Waals surface area contributed by atoms with Gasteiger partial charge in [0.15, 0.2) is 0 Å². The van der Waals surface area contributed by atoms with Crippen LogP contribution in [0.25, 0.3) is 0 Å². The molecule has 0 aromatic rings. The molecule has 0 saturated heterocycles. The van der Waals surface area contributed by atoms with Crippen molar-refractivity contribution in [2.24, 2.45) is 0 Å². The highest BCUT2D eigenvalue weighted by molar-refractivity contribution is 5.14. The molecule has 0 atom stereocenters. The van der Waals surface area contributed by atoms with Gasteiger partial charge in [-0.15, -0.1) is 0 Å². The van der Waals surface area contributed by atoms with E-state index in [1.807, 2.05) is 6.92 Å². The third kappa shape index (κ3) is 1.50. The minimum absolute atomic E-state index is 0.0240. The van der Waals surface area contributed by atoms with E-state index in [1.165, 1.54) is 0 Å². The number of alkyl halides is 2. The number of hydrogen-bond donors (Lipinski definition) is 0. The van der Waals surface area contributed by atoms with Crippen LogP contribution in [0.1, 0.15) is 26.2 Å². The summed E-state index contributed by atoms with van der Waals surface area (Å²) in [6.45, 7) is 1.91. The van der Waals surface area contributed by atoms with E-state index < -0.39 is 5.92 Å². The molecule has 0 radical (unpaired) electrons. The summed E-state index contributed by atoms with van der Waals surface area (Å²) >= 11 is 0. The Morgan fingerprint density at radius 2 is 2.33 bits per heavy atom. The Morgan fingerprint density at radius 1 is 1.67 bits per heavy atom. The van der Waals surface area contributed by atoms with E-state index in [4.69, 9.17) is 0 Å². The third-order valence-corrected chi connectivity index (χ3v) is 1.65. The van der Waals surface area contributed by atoms with Crippen molar-refractivity contribution in [3.8, 4) is 0 Å². The molecule has 0 N–H and O–H groups in total. The molecule has 9 heavy (non-hydrogen) atoms. The summed E-state index contributed by atoms with van der Waals surface area (Å²) in [5, 5.41) is 0. The quantitative estimate of drug-likeness (QED) is 0.481. The van der Waals surface area contributed by atoms with Gasteiger partial charge in [0.05, 0.1) is 0 Å². The van der Waals surface area contributed by atoms with Gasteiger partial charge in [-0.2, -0.15) is 0 Å². The molecule has 1 aliphatic carbocycles. The van der Waals surface area contributed by atoms with Crippen LogP contribution >= 0.6 is 0 Å². The van der Waals surface area contributed by atoms with Crippen LogP contribution in [-0.4, -0.2) is 5.92 Å². The van der Waals surface area contributed by atoms with E-state index in [9.17, 15) is 8.78 Å². The zero-order chi connectivity index (χ0) is 6.91. The zero-order valence-electron chi connectivity index (χ0n) is 5.45. The zero-order valence-corrected chi connectivity index (χ0v) is 5.45. The Morgan fingerprint density at radius 3 is 2.56 bits per heavy atom. The molecule has 0 saturated carbocycles. The van der Waals surface area contributed by atoms with Gasteiger partial charge in [-0.25, -0.2) is 8.78 Å². The maximum atomic E-state index is 12.3. The van der Waals surface area contributed by atoms with E-state index in [-0.39, 0.29) is 6.42 Å². The van der Waals surface area contributed by atoms with E-state index in [0.717, 1.165) is 18.1 Å². The van der Waals surface area contributed by atoms with Gasteiger partial charge in [-0.1, -0.05) is 12.5 Å². The summed E-state index contributed by atoms with van der Waals surface area (Å²) in [4.78, 5) is 0. The lowest BCUT2D eigenvalue weighted by atomic mass is 10.2. The largest absolute Gasteiger partial charge is 0.267 e. The normalized spacial score (nSPS) is 24.1. The van der Waals surface area contributed by atoms with Crippen molar-refractivity contribution in [1.82, 2.24) is 0 Å². The third-order valence-electron chi connectivity index (χ3n) is 1.65. The van der Waals surface area contributed by atoms with Gasteiger partial charge in [0.25, 0.3) is 5.92 Å². The van der Waals surface area contributed by atoms with Crippen LogP contribution in [0.15, 0.2) is 11.6 Å². The molecule has 2 heteroatoms. The first-order valence-electron chi connectivity index (χ1n) is 3.22. The minimum Gasteiger partial charge on any atom is -0.202 e. The van der Waals surface area contributed by atoms with Crippen molar-refractivity contribution < 1.29 is 8.78 Å². The lowest BCUT2D eigenvalue weighted by Gasteiger charge is -2.00. The van der Waals surface area contributed by atoms with E-state index >= 15 is 0 Å². The smallest absolute Gasteiger partial charge is 0.202 e. The molecule has 1 aliphatic rings. The Hall–Kier alpha value is -0.400. The molecule has 0 bridgehead atoms. The van der Waals surface area contributed by atoms with E-state index in [1.54, 1.807) is 0 Å². The second-order valence-electron chi connectivity index (χ2n) is 2.42. The maximum Gasteiger partial charge on any atom is 0.267 e. The summed E-state index contributed by atoms with van der Waals surface area (Å²) in [7, 11) is 0. The van der Waals surface area contributed by atoms with Gasteiger partial charge < -0.3 is 0 Å². The van der Waals surface area contributed by atoms with Gasteiger partial charge in [0.2, 0.25) is 0 Å². The predicted molar refractivity (Wildman–Crippen MR) is 32.6 cm³/mol. The van der Waals surface area contributed by atoms with Gasteiger partial charge in [0.1, 0.15) is 0 Å². The van der Waals surface area contributed by atoms with Gasteiger partial charge in [0, 0.05) is 6.42 Å². The predicted octanol–water partition coefficient (Wildman–Crippen LogP) is 2.75. The Balaban J connectivity index is 2.61. The first kappa shape index (κ1) is 6.72. The Labute approximate surface area is 53.6 Å². The molecule has 1 rings (SSSR count). The number of allylic oxidation sites excluding steroid dienone is 2. The average molecular weight is 132 g/mol. The molecule has 0 aromatic carbocycles. The molecular weight excluding hydrogens is 122 g/mol. The van der Waals surface area contributed by atoms with Crippen molar-refractivity contribution in [2.45, 2.75) is 32.1 Å². The SMILES string of the molecule is CCC1=CC(F)(F)CC1. The molecule has 0 fully saturated rings. The number of halogens is 2. The van der Waals surface area contributed by atoms with Crippen molar-refractivity contribution in [3.05, 3.63) is 11.6 Å². The van der Waals surface area contributed by atoms with Crippen LogP contribution in [0, 0.1) is 0 Å².